The summed E-state index contributed by atoms with van der Waals surface area (Å²) >= 11 is 4.67. The number of aliphatic carboxylic acids is 1. The number of carbonyl (C=O) groups is 2. The maximum Gasteiger partial charge on any atom is 0.306 e. The molecular weight excluding hydrogens is 502 g/mol. The molecule has 3 N–H and O–H groups in total. The monoisotopic (exact) mass is 529 g/mol. The Balaban J connectivity index is 1.55. The van der Waals surface area contributed by atoms with Crippen molar-refractivity contribution in [1.29, 1.82) is 0 Å². The van der Waals surface area contributed by atoms with Gasteiger partial charge in [0.2, 0.25) is 0 Å². The number of fused-ring (bicyclic) bond motifs is 1. The van der Waals surface area contributed by atoms with E-state index < -0.39 is 28.9 Å². The molecule has 36 heavy (non-hydrogen) atoms. The van der Waals surface area contributed by atoms with Gasteiger partial charge in [-0.1, -0.05) is 68.0 Å². The quantitative estimate of drug-likeness (QED) is 0.371. The molecule has 0 spiro atoms. The predicted octanol–water partition coefficient (Wildman–Crippen LogP) is 4.98. The second kappa shape index (κ2) is 10.3. The van der Waals surface area contributed by atoms with Crippen molar-refractivity contribution >= 4 is 45.3 Å². The minimum atomic E-state index is -2.16. The molecule has 0 bridgehead atoms. The molecule has 2 fully saturated rings. The molecule has 0 radical (unpaired) electrons. The van der Waals surface area contributed by atoms with Crippen molar-refractivity contribution in [3.05, 3.63) is 52.8 Å². The Kier molecular flexibility index (Phi) is 7.14. The van der Waals surface area contributed by atoms with Crippen molar-refractivity contribution in [2.24, 2.45) is 11.8 Å². The normalized spacial score (nSPS) is 21.2. The molecule has 2 aliphatic carbocycles. The minimum Gasteiger partial charge on any atom is -0.481 e. The van der Waals surface area contributed by atoms with Gasteiger partial charge < -0.3 is 15.0 Å². The zero-order valence-corrected chi connectivity index (χ0v) is 21.2. The van der Waals surface area contributed by atoms with Crippen molar-refractivity contribution in [3.63, 3.8) is 0 Å². The van der Waals surface area contributed by atoms with Crippen LogP contribution >= 0.6 is 11.6 Å². The van der Waals surface area contributed by atoms with Gasteiger partial charge >= 0.3 is 5.97 Å². The van der Waals surface area contributed by atoms with Gasteiger partial charge in [-0.15, -0.1) is 0 Å². The average Bonchev–Trinajstić information content (AvgIpc) is 3.16. The average molecular weight is 530 g/mol. The Morgan fingerprint density at radius 2 is 1.78 bits per heavy atom. The smallest absolute Gasteiger partial charge is 0.306 e. The van der Waals surface area contributed by atoms with Gasteiger partial charge in [0.05, 0.1) is 27.2 Å². The molecule has 10 heteroatoms. The number of aromatic nitrogens is 2. The highest BCUT2D eigenvalue weighted by Gasteiger charge is 2.36. The Morgan fingerprint density at radius 1 is 1.08 bits per heavy atom. The summed E-state index contributed by atoms with van der Waals surface area (Å²) in [7, 11) is 0. The highest BCUT2D eigenvalue weighted by Crippen LogP contribution is 2.35. The number of nitrogens with one attached hydrogen (secondary N) is 1. The topological polar surface area (TPSA) is 122 Å². The van der Waals surface area contributed by atoms with E-state index in [4.69, 9.17) is 16.7 Å². The van der Waals surface area contributed by atoms with E-state index in [1.807, 2.05) is 18.2 Å². The number of amides is 1. The molecule has 1 amide bonds. The molecule has 1 atom stereocenters. The molecular formula is C26H28ClN3O5S. The molecule has 0 saturated heterocycles. The molecule has 8 nitrogen and oxygen atoms in total. The van der Waals surface area contributed by atoms with E-state index in [2.05, 4.69) is 10.4 Å². The fraction of sp³-hybridized carbons (Fsp3) is 0.423. The summed E-state index contributed by atoms with van der Waals surface area (Å²) in [4.78, 5) is 24.6. The summed E-state index contributed by atoms with van der Waals surface area (Å²) < 4.78 is 23.4. The molecule has 0 aliphatic heterocycles. The molecule has 5 rings (SSSR count). The number of carboxylic acids is 1. The van der Waals surface area contributed by atoms with Gasteiger partial charge in [-0.05, 0) is 37.3 Å². The van der Waals surface area contributed by atoms with Crippen LogP contribution in [0, 0.1) is 11.8 Å². The molecule has 1 unspecified atom stereocenters. The van der Waals surface area contributed by atoms with Crippen molar-refractivity contribution in [1.82, 2.24) is 15.1 Å². The van der Waals surface area contributed by atoms with Crippen molar-refractivity contribution < 1.29 is 23.5 Å². The molecule has 2 aromatic carbocycles. The largest absolute Gasteiger partial charge is 0.481 e. The highest BCUT2D eigenvalue weighted by molar-refractivity contribution is 7.79. The number of nitrogens with zero attached hydrogens (tertiary/aromatic N) is 2. The summed E-state index contributed by atoms with van der Waals surface area (Å²) in [5.74, 6) is -1.28. The van der Waals surface area contributed by atoms with E-state index in [-0.39, 0.29) is 11.7 Å². The van der Waals surface area contributed by atoms with Gasteiger partial charge in [0.25, 0.3) is 5.91 Å². The van der Waals surface area contributed by atoms with Crippen molar-refractivity contribution in [3.8, 4) is 5.69 Å². The Labute approximate surface area is 216 Å². The lowest BCUT2D eigenvalue weighted by Crippen LogP contribution is -2.46. The van der Waals surface area contributed by atoms with Gasteiger partial charge in [0.1, 0.15) is 0 Å². The van der Waals surface area contributed by atoms with Crippen molar-refractivity contribution in [2.45, 2.75) is 62.3 Å². The van der Waals surface area contributed by atoms with E-state index in [9.17, 15) is 18.4 Å². The first kappa shape index (κ1) is 24.9. The number of carboxylic acid groups (broad SMARTS) is 1. The number of carbonyl (C=O) groups excluding carboxylic acids is 1. The third-order valence-corrected chi connectivity index (χ3v) is 8.57. The molecule has 3 aromatic rings. The van der Waals surface area contributed by atoms with Crippen molar-refractivity contribution in [2.75, 3.05) is 0 Å². The van der Waals surface area contributed by atoms with Crippen LogP contribution in [0.15, 0.2) is 41.3 Å². The number of benzene rings is 2. The van der Waals surface area contributed by atoms with E-state index in [0.29, 0.717) is 46.2 Å². The molecule has 2 aliphatic rings. The lowest BCUT2D eigenvalue weighted by atomic mass is 9.80. The zero-order valence-electron chi connectivity index (χ0n) is 19.7. The molecule has 190 valence electrons. The number of hydrogen-bond donors (Lipinski definition) is 3. The first-order valence-corrected chi connectivity index (χ1v) is 13.8. The SMILES string of the molecule is O=C(NC1CC(C(=O)O)C1)c1nn(-c2ccc(S(=O)O)c3ccccc23)c(CC2CCCCC2)c1Cl. The van der Waals surface area contributed by atoms with Crippen LogP contribution < -0.4 is 5.32 Å². The molecule has 1 aromatic heterocycles. The summed E-state index contributed by atoms with van der Waals surface area (Å²) in [6, 6.07) is 10.4. The second-order valence-electron chi connectivity index (χ2n) is 9.78. The van der Waals surface area contributed by atoms with E-state index in [1.54, 1.807) is 22.9 Å². The third-order valence-electron chi connectivity index (χ3n) is 7.44. The van der Waals surface area contributed by atoms with Crippen LogP contribution in [0.2, 0.25) is 5.02 Å². The minimum absolute atomic E-state index is 0.111. The van der Waals surface area contributed by atoms with Gasteiger partial charge in [0.15, 0.2) is 16.8 Å². The lowest BCUT2D eigenvalue weighted by Gasteiger charge is -2.32. The summed E-state index contributed by atoms with van der Waals surface area (Å²) in [5, 5.41) is 18.3. The summed E-state index contributed by atoms with van der Waals surface area (Å²) in [5.41, 5.74) is 1.54. The van der Waals surface area contributed by atoms with Crippen LogP contribution in [-0.4, -0.2) is 41.6 Å². The fourth-order valence-electron chi connectivity index (χ4n) is 5.40. The standard InChI is InChI=1S/C26H28ClN3O5S/c27-23-21(12-15-6-2-1-3-7-15)30(29-24(23)25(31)28-17-13-16(14-17)26(32)33)20-10-11-22(36(34)35)19-9-5-4-8-18(19)20/h4-5,8-11,15-17H,1-3,6-7,12-14H2,(H,28,31)(H,32,33)(H,34,35). The molecule has 2 saturated carbocycles. The van der Waals surface area contributed by atoms with E-state index >= 15 is 0 Å². The van der Waals surface area contributed by atoms with Crippen LogP contribution in [0.3, 0.4) is 0 Å². The molecule has 1 heterocycles. The third kappa shape index (κ3) is 4.79. The van der Waals surface area contributed by atoms with Gasteiger partial charge in [-0.2, -0.15) is 5.10 Å². The van der Waals surface area contributed by atoms with Crippen LogP contribution in [0.4, 0.5) is 0 Å². The van der Waals surface area contributed by atoms with Gasteiger partial charge in [-0.3, -0.25) is 9.59 Å². The van der Waals surface area contributed by atoms with E-state index in [1.165, 1.54) is 6.42 Å². The predicted molar refractivity (Wildman–Crippen MR) is 137 cm³/mol. The number of rotatable bonds is 7. The summed E-state index contributed by atoms with van der Waals surface area (Å²) in [6.45, 7) is 0. The highest BCUT2D eigenvalue weighted by atomic mass is 35.5. The van der Waals surface area contributed by atoms with E-state index in [0.717, 1.165) is 36.8 Å². The maximum atomic E-state index is 13.1. The Hall–Kier alpha value is -2.75. The van der Waals surface area contributed by atoms with Crippen LogP contribution in [0.25, 0.3) is 16.5 Å². The summed E-state index contributed by atoms with van der Waals surface area (Å²) in [6.07, 6.45) is 7.17. The zero-order chi connectivity index (χ0) is 25.4. The number of halogens is 1. The Bertz CT molecular complexity index is 1340. The maximum absolute atomic E-state index is 13.1. The lowest BCUT2D eigenvalue weighted by molar-refractivity contribution is -0.145. The fourth-order valence-corrected chi connectivity index (χ4v) is 6.23. The first-order chi connectivity index (χ1) is 17.3. The second-order valence-corrected chi connectivity index (χ2v) is 11.1. The first-order valence-electron chi connectivity index (χ1n) is 12.3. The van der Waals surface area contributed by atoms with Crippen LogP contribution in [0.5, 0.6) is 0 Å². The van der Waals surface area contributed by atoms with Crippen LogP contribution in [0.1, 0.15) is 61.1 Å². The van der Waals surface area contributed by atoms with Crippen LogP contribution in [-0.2, 0) is 22.3 Å². The number of hydrogen-bond acceptors (Lipinski definition) is 4. The van der Waals surface area contributed by atoms with Gasteiger partial charge in [-0.25, -0.2) is 8.89 Å². The van der Waals surface area contributed by atoms with Gasteiger partial charge in [0, 0.05) is 16.8 Å². The Morgan fingerprint density at radius 3 is 2.44 bits per heavy atom.